The van der Waals surface area contributed by atoms with Gasteiger partial charge in [-0.25, -0.2) is 0 Å². The molecule has 2 saturated carbocycles. The van der Waals surface area contributed by atoms with E-state index in [4.69, 9.17) is 10.2 Å². The predicted octanol–water partition coefficient (Wildman–Crippen LogP) is 9.44. The fourth-order valence-corrected chi connectivity index (χ4v) is 11.3. The van der Waals surface area contributed by atoms with Crippen LogP contribution in [0, 0.1) is 11.8 Å². The molecule has 10 rings (SSSR count). The number of aromatic nitrogens is 3. The molecule has 12 heteroatoms. The Balaban J connectivity index is 0.000000136. The summed E-state index contributed by atoms with van der Waals surface area (Å²) in [5.74, 6) is 1.59. The van der Waals surface area contributed by atoms with Gasteiger partial charge in [0.2, 0.25) is 11.8 Å². The van der Waals surface area contributed by atoms with Crippen molar-refractivity contribution in [1.29, 1.82) is 0 Å². The number of benzene rings is 3. The van der Waals surface area contributed by atoms with Crippen LogP contribution in [0.1, 0.15) is 124 Å². The Labute approximate surface area is 381 Å². The average molecular weight is 886 g/mol. The molecule has 2 saturated heterocycles. The quantitative estimate of drug-likeness (QED) is 0.0675. The third kappa shape index (κ3) is 11.1. The van der Waals surface area contributed by atoms with Gasteiger partial charge in [-0.1, -0.05) is 37.8 Å². The molecule has 5 heterocycles. The number of fused-ring (bicyclic) bond motifs is 5. The SMILES string of the molecule is O=C(CCc1c[nH]c2ccc(CO)cc12)N1CCCC2CCCCC21.O=C(CCc1c[nH]c2ccc(O)cc12)N1CCCC2CCCCC21.O=C(O)CCc1c[nH]c2ccc(CO)cc12. The number of phenols is 1. The molecule has 6 aromatic rings. The number of nitrogens with zero attached hydrogens (tertiary/aromatic N) is 2. The summed E-state index contributed by atoms with van der Waals surface area (Å²) in [4.78, 5) is 50.2. The first-order valence-corrected chi connectivity index (χ1v) is 24.2. The molecule has 346 valence electrons. The molecular formula is C53H67N5O7. The van der Waals surface area contributed by atoms with Crippen molar-refractivity contribution in [3.8, 4) is 5.75 Å². The lowest BCUT2D eigenvalue weighted by Gasteiger charge is -2.44. The summed E-state index contributed by atoms with van der Waals surface area (Å²) in [5, 5.41) is 39.9. The molecule has 2 aliphatic carbocycles. The molecule has 65 heavy (non-hydrogen) atoms. The van der Waals surface area contributed by atoms with Crippen molar-refractivity contribution in [3.05, 3.63) is 101 Å². The highest BCUT2D eigenvalue weighted by Crippen LogP contribution is 2.37. The zero-order valence-corrected chi connectivity index (χ0v) is 37.7. The third-order valence-electron chi connectivity index (χ3n) is 14.7. The lowest BCUT2D eigenvalue weighted by atomic mass is 9.78. The van der Waals surface area contributed by atoms with Crippen LogP contribution in [0.2, 0.25) is 0 Å². The molecule has 2 amide bonds. The van der Waals surface area contributed by atoms with Gasteiger partial charge >= 0.3 is 5.97 Å². The summed E-state index contributed by atoms with van der Waals surface area (Å²) in [7, 11) is 0. The summed E-state index contributed by atoms with van der Waals surface area (Å²) in [6.07, 6.45) is 24.2. The molecule has 7 N–H and O–H groups in total. The Hall–Kier alpha value is -5.59. The molecular weight excluding hydrogens is 819 g/mol. The van der Waals surface area contributed by atoms with Gasteiger partial charge in [0.05, 0.1) is 13.2 Å². The van der Waals surface area contributed by atoms with Crippen molar-refractivity contribution in [2.45, 2.75) is 141 Å². The highest BCUT2D eigenvalue weighted by Gasteiger charge is 2.36. The average Bonchev–Trinajstić information content (AvgIpc) is 4.07. The van der Waals surface area contributed by atoms with Crippen molar-refractivity contribution in [3.63, 3.8) is 0 Å². The van der Waals surface area contributed by atoms with Crippen molar-refractivity contribution in [2.24, 2.45) is 11.8 Å². The first-order chi connectivity index (χ1) is 31.7. The number of carboxylic acids is 1. The number of carboxylic acid groups (broad SMARTS) is 1. The molecule has 0 radical (unpaired) electrons. The van der Waals surface area contributed by atoms with E-state index in [-0.39, 0.29) is 25.4 Å². The molecule has 4 unspecified atom stereocenters. The van der Waals surface area contributed by atoms with Gasteiger partial charge in [-0.05, 0) is 153 Å². The van der Waals surface area contributed by atoms with Crippen molar-refractivity contribution in [1.82, 2.24) is 24.8 Å². The number of aliphatic carboxylic acids is 1. The number of aryl methyl sites for hydroxylation is 3. The normalized spacial score (nSPS) is 20.6. The van der Waals surface area contributed by atoms with E-state index in [2.05, 4.69) is 24.8 Å². The molecule has 2 aliphatic heterocycles. The fourth-order valence-electron chi connectivity index (χ4n) is 11.3. The van der Waals surface area contributed by atoms with Gasteiger partial charge in [0.1, 0.15) is 5.75 Å². The minimum atomic E-state index is -0.798. The smallest absolute Gasteiger partial charge is 0.303 e. The van der Waals surface area contributed by atoms with Crippen LogP contribution in [0.3, 0.4) is 0 Å². The Morgan fingerprint density at radius 3 is 1.37 bits per heavy atom. The highest BCUT2D eigenvalue weighted by atomic mass is 16.4. The summed E-state index contributed by atoms with van der Waals surface area (Å²) in [5.41, 5.74) is 8.09. The molecule has 4 fully saturated rings. The van der Waals surface area contributed by atoms with Crippen molar-refractivity contribution < 1.29 is 34.8 Å². The Morgan fingerprint density at radius 2 is 0.923 bits per heavy atom. The molecule has 3 aromatic carbocycles. The maximum absolute atomic E-state index is 12.9. The molecule has 4 atom stereocenters. The maximum atomic E-state index is 12.9. The number of aromatic hydroxyl groups is 1. The summed E-state index contributed by atoms with van der Waals surface area (Å²) in [6, 6.07) is 17.9. The fraction of sp³-hybridized carbons (Fsp3) is 0.491. The number of hydrogen-bond donors (Lipinski definition) is 7. The van der Waals surface area contributed by atoms with Gasteiger partial charge in [-0.3, -0.25) is 14.4 Å². The first kappa shape index (κ1) is 46.0. The number of phenolic OH excluding ortho intramolecular Hbond substituents is 1. The number of likely N-dealkylation sites (tertiary alicyclic amines) is 2. The second-order valence-electron chi connectivity index (χ2n) is 18.8. The molecule has 12 nitrogen and oxygen atoms in total. The maximum Gasteiger partial charge on any atom is 0.303 e. The number of aliphatic hydroxyl groups excluding tert-OH is 2. The van der Waals surface area contributed by atoms with Crippen LogP contribution in [0.5, 0.6) is 5.75 Å². The van der Waals surface area contributed by atoms with Crippen molar-refractivity contribution >= 4 is 50.5 Å². The van der Waals surface area contributed by atoms with Gasteiger partial charge in [0.25, 0.3) is 0 Å². The van der Waals surface area contributed by atoms with E-state index >= 15 is 0 Å². The van der Waals surface area contributed by atoms with Crippen LogP contribution >= 0.6 is 0 Å². The number of piperidine rings is 2. The summed E-state index contributed by atoms with van der Waals surface area (Å²) < 4.78 is 0. The predicted molar refractivity (Wildman–Crippen MR) is 254 cm³/mol. The monoisotopic (exact) mass is 886 g/mol. The van der Waals surface area contributed by atoms with Crippen LogP contribution < -0.4 is 0 Å². The van der Waals surface area contributed by atoms with Gasteiger partial charge < -0.3 is 45.2 Å². The van der Waals surface area contributed by atoms with E-state index in [1.54, 1.807) is 12.1 Å². The van der Waals surface area contributed by atoms with E-state index in [0.29, 0.717) is 43.2 Å². The molecule has 4 aliphatic rings. The number of nitrogens with one attached hydrogen (secondary N) is 3. The first-order valence-electron chi connectivity index (χ1n) is 24.2. The van der Waals surface area contributed by atoms with Gasteiger partial charge in [0, 0.05) is 95.7 Å². The van der Waals surface area contributed by atoms with Crippen molar-refractivity contribution in [2.75, 3.05) is 13.1 Å². The zero-order valence-electron chi connectivity index (χ0n) is 37.7. The number of H-pyrrole nitrogens is 3. The van der Waals surface area contributed by atoms with E-state index < -0.39 is 5.97 Å². The topological polar surface area (TPSA) is 186 Å². The van der Waals surface area contributed by atoms with E-state index in [9.17, 15) is 24.6 Å². The van der Waals surface area contributed by atoms with Gasteiger partial charge in [-0.15, -0.1) is 0 Å². The lowest BCUT2D eigenvalue weighted by molar-refractivity contribution is -0.138. The number of hydrogen-bond acceptors (Lipinski definition) is 6. The van der Waals surface area contributed by atoms with E-state index in [1.165, 1.54) is 76.2 Å². The minimum Gasteiger partial charge on any atom is -0.508 e. The Kier molecular flexibility index (Phi) is 15.3. The Bertz CT molecular complexity index is 2550. The highest BCUT2D eigenvalue weighted by molar-refractivity contribution is 5.87. The lowest BCUT2D eigenvalue weighted by Crippen LogP contribution is -2.49. The summed E-state index contributed by atoms with van der Waals surface area (Å²) >= 11 is 0. The molecule has 0 spiro atoms. The van der Waals surface area contributed by atoms with E-state index in [0.717, 1.165) is 99.2 Å². The standard InChI is InChI=1S/C21H28N2O2.C20H26N2O2.C12H13NO3/c24-14-15-7-9-19-18(12-15)17(13-22-19)8-10-21(25)23-11-3-5-16-4-1-2-6-20(16)23;23-16-8-9-18-17(12-16)15(13-21-18)7-10-20(24)22-11-3-5-14-4-1-2-6-19(14)22;14-7-8-1-3-11-10(5-8)9(6-13-11)2-4-12(15)16/h7,9,12-13,16,20,22,24H,1-6,8,10-11,14H2;8-9,12-14,19,21,23H,1-7,10-11H2;1,3,5-6,13-14H,2,4,7H2,(H,15,16). The Morgan fingerprint density at radius 1 is 0.523 bits per heavy atom. The number of rotatable bonds is 11. The second-order valence-corrected chi connectivity index (χ2v) is 18.8. The van der Waals surface area contributed by atoms with Crippen LogP contribution in [0.4, 0.5) is 0 Å². The van der Waals surface area contributed by atoms with Crippen LogP contribution in [0.25, 0.3) is 32.7 Å². The van der Waals surface area contributed by atoms with Crippen LogP contribution in [-0.2, 0) is 46.9 Å². The van der Waals surface area contributed by atoms with Crippen LogP contribution in [0.15, 0.2) is 73.2 Å². The zero-order chi connectivity index (χ0) is 45.3. The molecule has 0 bridgehead atoms. The van der Waals surface area contributed by atoms with E-state index in [1.807, 2.05) is 61.1 Å². The minimum absolute atomic E-state index is 0.000505. The third-order valence-corrected chi connectivity index (χ3v) is 14.7. The number of carbonyl (C=O) groups is 3. The number of aromatic amines is 3. The largest absolute Gasteiger partial charge is 0.508 e. The van der Waals surface area contributed by atoms with Crippen LogP contribution in [-0.4, -0.2) is 88.1 Å². The number of aliphatic hydroxyl groups is 2. The number of amides is 2. The molecule has 3 aromatic heterocycles. The van der Waals surface area contributed by atoms with Gasteiger partial charge in [0.15, 0.2) is 0 Å². The second kappa shape index (κ2) is 21.6. The number of carbonyl (C=O) groups excluding carboxylic acids is 2. The summed E-state index contributed by atoms with van der Waals surface area (Å²) in [6.45, 7) is 1.94. The van der Waals surface area contributed by atoms with Gasteiger partial charge in [-0.2, -0.15) is 0 Å².